The lowest BCUT2D eigenvalue weighted by molar-refractivity contribution is -0.123. The SMILES string of the molecule is COc1ccccc1CNC(=O)COc1ccc(S(=O)(=O)Nc2cc(C)cc(C)c2)cc1. The van der Waals surface area contributed by atoms with E-state index in [2.05, 4.69) is 10.0 Å². The number of nitrogens with one attached hydrogen (secondary N) is 2. The van der Waals surface area contributed by atoms with Gasteiger partial charge in [0.05, 0.1) is 12.0 Å². The van der Waals surface area contributed by atoms with Crippen molar-refractivity contribution in [2.45, 2.75) is 25.3 Å². The number of para-hydroxylation sites is 1. The second kappa shape index (κ2) is 10.2. The van der Waals surface area contributed by atoms with Crippen LogP contribution in [-0.2, 0) is 21.4 Å². The maximum Gasteiger partial charge on any atom is 0.261 e. The average molecular weight is 455 g/mol. The van der Waals surface area contributed by atoms with Crippen LogP contribution >= 0.6 is 0 Å². The minimum Gasteiger partial charge on any atom is -0.496 e. The Morgan fingerprint density at radius 3 is 2.25 bits per heavy atom. The molecule has 0 aromatic heterocycles. The third-order valence-corrected chi connectivity index (χ3v) is 6.04. The minimum atomic E-state index is -3.74. The van der Waals surface area contributed by atoms with Crippen molar-refractivity contribution in [3.63, 3.8) is 0 Å². The number of methoxy groups -OCH3 is 1. The Balaban J connectivity index is 1.55. The average Bonchev–Trinajstić information content (AvgIpc) is 2.75. The van der Waals surface area contributed by atoms with Gasteiger partial charge in [-0.1, -0.05) is 24.3 Å². The molecule has 0 aliphatic carbocycles. The van der Waals surface area contributed by atoms with E-state index in [1.807, 2.05) is 44.2 Å². The van der Waals surface area contributed by atoms with Gasteiger partial charge in [-0.05, 0) is 67.4 Å². The van der Waals surface area contributed by atoms with Crippen molar-refractivity contribution in [1.29, 1.82) is 0 Å². The lowest BCUT2D eigenvalue weighted by Crippen LogP contribution is -2.28. The number of sulfonamides is 1. The van der Waals surface area contributed by atoms with Gasteiger partial charge in [0.1, 0.15) is 11.5 Å². The fraction of sp³-hybridized carbons (Fsp3) is 0.208. The number of amides is 1. The van der Waals surface area contributed by atoms with E-state index >= 15 is 0 Å². The minimum absolute atomic E-state index is 0.102. The first kappa shape index (κ1) is 23.1. The van der Waals surface area contributed by atoms with Gasteiger partial charge in [0.2, 0.25) is 0 Å². The maximum atomic E-state index is 12.6. The van der Waals surface area contributed by atoms with Crippen LogP contribution < -0.4 is 19.5 Å². The molecule has 2 N–H and O–H groups in total. The molecule has 0 saturated heterocycles. The first-order chi connectivity index (χ1) is 15.3. The van der Waals surface area contributed by atoms with E-state index in [-0.39, 0.29) is 17.4 Å². The van der Waals surface area contributed by atoms with Gasteiger partial charge < -0.3 is 14.8 Å². The molecule has 1 amide bonds. The van der Waals surface area contributed by atoms with Crippen LogP contribution in [0.3, 0.4) is 0 Å². The van der Waals surface area contributed by atoms with E-state index in [1.54, 1.807) is 19.2 Å². The number of aryl methyl sites for hydroxylation is 2. The second-order valence-corrected chi connectivity index (χ2v) is 9.01. The normalized spacial score (nSPS) is 11.0. The molecule has 7 nitrogen and oxygen atoms in total. The third-order valence-electron chi connectivity index (χ3n) is 4.65. The summed E-state index contributed by atoms with van der Waals surface area (Å²) in [7, 11) is -2.16. The fourth-order valence-corrected chi connectivity index (χ4v) is 4.25. The maximum absolute atomic E-state index is 12.6. The molecule has 0 heterocycles. The van der Waals surface area contributed by atoms with Gasteiger partial charge >= 0.3 is 0 Å². The van der Waals surface area contributed by atoms with E-state index in [4.69, 9.17) is 9.47 Å². The Bertz CT molecular complexity index is 1170. The summed E-state index contributed by atoms with van der Waals surface area (Å²) in [6.45, 7) is 3.93. The van der Waals surface area contributed by atoms with Crippen LogP contribution in [0.4, 0.5) is 5.69 Å². The molecule has 0 bridgehead atoms. The van der Waals surface area contributed by atoms with Gasteiger partial charge in [-0.25, -0.2) is 8.42 Å². The molecule has 0 saturated carbocycles. The third kappa shape index (κ3) is 6.24. The molecule has 0 unspecified atom stereocenters. The number of rotatable bonds is 9. The Morgan fingerprint density at radius 2 is 1.59 bits per heavy atom. The van der Waals surface area contributed by atoms with Crippen LogP contribution in [-0.4, -0.2) is 28.0 Å². The smallest absolute Gasteiger partial charge is 0.261 e. The summed E-state index contributed by atoms with van der Waals surface area (Å²) in [6.07, 6.45) is 0. The molecule has 0 fully saturated rings. The summed E-state index contributed by atoms with van der Waals surface area (Å²) in [4.78, 5) is 12.2. The highest BCUT2D eigenvalue weighted by molar-refractivity contribution is 7.92. The molecule has 3 rings (SSSR count). The fourth-order valence-electron chi connectivity index (χ4n) is 3.21. The van der Waals surface area contributed by atoms with Crippen molar-refractivity contribution in [3.05, 3.63) is 83.4 Å². The quantitative estimate of drug-likeness (QED) is 0.513. The number of ether oxygens (including phenoxy) is 2. The summed E-state index contributed by atoms with van der Waals surface area (Å²) >= 11 is 0. The number of carbonyl (C=O) groups excluding carboxylic acids is 1. The lowest BCUT2D eigenvalue weighted by atomic mass is 10.1. The van der Waals surface area contributed by atoms with Crippen LogP contribution in [0.5, 0.6) is 11.5 Å². The topological polar surface area (TPSA) is 93.7 Å². The molecule has 0 aliphatic rings. The molecule has 0 radical (unpaired) electrons. The van der Waals surface area contributed by atoms with Crippen LogP contribution in [0.1, 0.15) is 16.7 Å². The molecule has 3 aromatic rings. The Morgan fingerprint density at radius 1 is 0.938 bits per heavy atom. The number of hydrogen-bond acceptors (Lipinski definition) is 5. The molecule has 0 aliphatic heterocycles. The largest absolute Gasteiger partial charge is 0.496 e. The molecule has 0 atom stereocenters. The van der Waals surface area contributed by atoms with Gasteiger partial charge in [0.25, 0.3) is 15.9 Å². The Kier molecular flexibility index (Phi) is 7.37. The highest BCUT2D eigenvalue weighted by Crippen LogP contribution is 2.21. The number of hydrogen-bond donors (Lipinski definition) is 2. The van der Waals surface area contributed by atoms with E-state index in [9.17, 15) is 13.2 Å². The Hall–Kier alpha value is -3.52. The number of carbonyl (C=O) groups is 1. The van der Waals surface area contributed by atoms with Gasteiger partial charge in [0, 0.05) is 17.8 Å². The Labute approximate surface area is 188 Å². The van der Waals surface area contributed by atoms with Crippen molar-refractivity contribution in [2.24, 2.45) is 0 Å². The highest BCUT2D eigenvalue weighted by Gasteiger charge is 2.15. The lowest BCUT2D eigenvalue weighted by Gasteiger charge is -2.12. The van der Waals surface area contributed by atoms with Crippen molar-refractivity contribution < 1.29 is 22.7 Å². The zero-order valence-electron chi connectivity index (χ0n) is 18.2. The zero-order chi connectivity index (χ0) is 23.1. The monoisotopic (exact) mass is 454 g/mol. The number of benzene rings is 3. The van der Waals surface area contributed by atoms with E-state index in [1.165, 1.54) is 24.3 Å². The molecule has 0 spiro atoms. The first-order valence-electron chi connectivity index (χ1n) is 9.99. The van der Waals surface area contributed by atoms with Crippen molar-refractivity contribution in [1.82, 2.24) is 5.32 Å². The van der Waals surface area contributed by atoms with Gasteiger partial charge in [-0.2, -0.15) is 0 Å². The predicted octanol–water partition coefficient (Wildman–Crippen LogP) is 3.81. The van der Waals surface area contributed by atoms with Crippen molar-refractivity contribution >= 4 is 21.6 Å². The first-order valence-corrected chi connectivity index (χ1v) is 11.5. The van der Waals surface area contributed by atoms with Crippen molar-refractivity contribution in [3.8, 4) is 11.5 Å². The summed E-state index contributed by atoms with van der Waals surface area (Å²) in [5, 5.41) is 2.77. The van der Waals surface area contributed by atoms with E-state index in [0.717, 1.165) is 16.7 Å². The van der Waals surface area contributed by atoms with Crippen LogP contribution in [0.25, 0.3) is 0 Å². The van der Waals surface area contributed by atoms with Gasteiger partial charge in [-0.3, -0.25) is 9.52 Å². The molecule has 8 heteroatoms. The van der Waals surface area contributed by atoms with Crippen LogP contribution in [0, 0.1) is 13.8 Å². The van der Waals surface area contributed by atoms with Crippen molar-refractivity contribution in [2.75, 3.05) is 18.4 Å². The van der Waals surface area contributed by atoms with E-state index in [0.29, 0.717) is 23.7 Å². The van der Waals surface area contributed by atoms with Crippen LogP contribution in [0.2, 0.25) is 0 Å². The summed E-state index contributed by atoms with van der Waals surface area (Å²) in [6, 6.07) is 18.8. The van der Waals surface area contributed by atoms with E-state index < -0.39 is 10.0 Å². The van der Waals surface area contributed by atoms with Gasteiger partial charge in [-0.15, -0.1) is 0 Å². The summed E-state index contributed by atoms with van der Waals surface area (Å²) in [5.41, 5.74) is 3.30. The second-order valence-electron chi connectivity index (χ2n) is 7.33. The molecular weight excluding hydrogens is 428 g/mol. The number of anilines is 1. The molecule has 168 valence electrons. The molecular formula is C24H26N2O5S. The standard InChI is InChI=1S/C24H26N2O5S/c1-17-12-18(2)14-20(13-17)26-32(28,29)22-10-8-21(9-11-22)31-16-24(27)25-15-19-6-4-5-7-23(19)30-3/h4-14,26H,15-16H2,1-3H3,(H,25,27). The molecule has 3 aromatic carbocycles. The highest BCUT2D eigenvalue weighted by atomic mass is 32.2. The molecule has 32 heavy (non-hydrogen) atoms. The summed E-state index contributed by atoms with van der Waals surface area (Å²) in [5.74, 6) is 0.784. The van der Waals surface area contributed by atoms with Gasteiger partial charge in [0.15, 0.2) is 6.61 Å². The summed E-state index contributed by atoms with van der Waals surface area (Å²) < 4.78 is 38.6. The predicted molar refractivity (Wildman–Crippen MR) is 124 cm³/mol. The van der Waals surface area contributed by atoms with Crippen LogP contribution in [0.15, 0.2) is 71.6 Å². The zero-order valence-corrected chi connectivity index (χ0v) is 19.0.